The minimum absolute atomic E-state index is 0.324. The first-order chi connectivity index (χ1) is 15.5. The number of aromatic nitrogens is 4. The number of carbonyl (C=O) groups is 1. The molecule has 0 bridgehead atoms. The van der Waals surface area contributed by atoms with Crippen molar-refractivity contribution in [3.63, 3.8) is 0 Å². The highest BCUT2D eigenvalue weighted by Crippen LogP contribution is 2.46. The highest BCUT2D eigenvalue weighted by atomic mass is 32.2. The number of ether oxygens (including phenoxy) is 2. The van der Waals surface area contributed by atoms with Crippen LogP contribution in [-0.2, 0) is 20.8 Å². The van der Waals surface area contributed by atoms with Crippen molar-refractivity contribution in [2.45, 2.75) is 37.2 Å². The average molecular weight is 452 g/mol. The molecule has 1 aliphatic rings. The van der Waals surface area contributed by atoms with E-state index in [1.165, 1.54) is 0 Å². The Balaban J connectivity index is 1.60. The molecule has 0 saturated carbocycles. The maximum absolute atomic E-state index is 11.9. The van der Waals surface area contributed by atoms with Crippen molar-refractivity contribution in [1.29, 1.82) is 0 Å². The number of fused-ring (bicyclic) bond motifs is 2. The number of nitrogens with zero attached hydrogens (tertiary/aromatic N) is 5. The van der Waals surface area contributed by atoms with E-state index in [9.17, 15) is 4.79 Å². The van der Waals surface area contributed by atoms with E-state index in [0.717, 1.165) is 38.4 Å². The van der Waals surface area contributed by atoms with Gasteiger partial charge in [0.15, 0.2) is 5.82 Å². The molecule has 166 valence electrons. The molecule has 9 heteroatoms. The summed E-state index contributed by atoms with van der Waals surface area (Å²) in [6, 6.07) is 6.36. The van der Waals surface area contributed by atoms with Crippen LogP contribution in [0.1, 0.15) is 30.8 Å². The summed E-state index contributed by atoms with van der Waals surface area (Å²) in [5.41, 5.74) is 4.43. The molecule has 1 aromatic carbocycles. The SMILES string of the molecule is CCOC(=O)/C(C)=C/c1ncn(Cc2ccc3c(c2)N(COC)c2nccnc2S3)c1C. The van der Waals surface area contributed by atoms with E-state index in [-0.39, 0.29) is 5.97 Å². The lowest BCUT2D eigenvalue weighted by Crippen LogP contribution is -2.24. The number of hydrogen-bond acceptors (Lipinski definition) is 8. The van der Waals surface area contributed by atoms with Crippen molar-refractivity contribution in [3.05, 3.63) is 59.4 Å². The van der Waals surface area contributed by atoms with E-state index in [4.69, 9.17) is 9.47 Å². The van der Waals surface area contributed by atoms with Gasteiger partial charge in [-0.2, -0.15) is 0 Å². The molecule has 0 spiro atoms. The minimum atomic E-state index is -0.324. The quantitative estimate of drug-likeness (QED) is 0.390. The van der Waals surface area contributed by atoms with Gasteiger partial charge in [-0.15, -0.1) is 0 Å². The minimum Gasteiger partial charge on any atom is -0.463 e. The Hall–Kier alpha value is -3.17. The van der Waals surface area contributed by atoms with Crippen LogP contribution in [0.25, 0.3) is 6.08 Å². The number of rotatable bonds is 7. The third-order valence-electron chi connectivity index (χ3n) is 5.12. The van der Waals surface area contributed by atoms with Crippen LogP contribution in [0.15, 0.2) is 52.4 Å². The normalized spacial score (nSPS) is 13.0. The summed E-state index contributed by atoms with van der Waals surface area (Å²) in [5, 5.41) is 0.864. The van der Waals surface area contributed by atoms with Crippen molar-refractivity contribution in [3.8, 4) is 0 Å². The summed E-state index contributed by atoms with van der Waals surface area (Å²) in [6.07, 6.45) is 6.96. The second-order valence-electron chi connectivity index (χ2n) is 7.33. The maximum Gasteiger partial charge on any atom is 0.333 e. The smallest absolute Gasteiger partial charge is 0.333 e. The topological polar surface area (TPSA) is 82.4 Å². The fourth-order valence-electron chi connectivity index (χ4n) is 3.48. The molecule has 2 aromatic heterocycles. The van der Waals surface area contributed by atoms with Crippen LogP contribution in [-0.4, -0.2) is 45.9 Å². The average Bonchev–Trinajstić information content (AvgIpc) is 3.13. The summed E-state index contributed by atoms with van der Waals surface area (Å²) < 4.78 is 12.6. The molecule has 0 amide bonds. The molecule has 3 heterocycles. The molecule has 0 unspecified atom stereocenters. The highest BCUT2D eigenvalue weighted by Gasteiger charge is 2.25. The van der Waals surface area contributed by atoms with Gasteiger partial charge in [0.2, 0.25) is 0 Å². The number of carbonyl (C=O) groups excluding carboxylic acids is 1. The summed E-state index contributed by atoms with van der Waals surface area (Å²) >= 11 is 1.61. The third-order valence-corrected chi connectivity index (χ3v) is 6.17. The zero-order chi connectivity index (χ0) is 22.7. The van der Waals surface area contributed by atoms with E-state index in [1.807, 2.05) is 11.8 Å². The van der Waals surface area contributed by atoms with Crippen LogP contribution in [0.3, 0.4) is 0 Å². The monoisotopic (exact) mass is 451 g/mol. The molecular weight excluding hydrogens is 426 g/mol. The number of esters is 1. The van der Waals surface area contributed by atoms with Crippen LogP contribution in [0.4, 0.5) is 11.5 Å². The van der Waals surface area contributed by atoms with Gasteiger partial charge in [-0.1, -0.05) is 17.8 Å². The molecule has 4 rings (SSSR count). The highest BCUT2D eigenvalue weighted by molar-refractivity contribution is 7.99. The molecular formula is C23H25N5O3S. The van der Waals surface area contributed by atoms with Gasteiger partial charge >= 0.3 is 5.97 Å². The van der Waals surface area contributed by atoms with Crippen molar-refractivity contribution in [1.82, 2.24) is 19.5 Å². The lowest BCUT2D eigenvalue weighted by molar-refractivity contribution is -0.138. The lowest BCUT2D eigenvalue weighted by atomic mass is 10.1. The second kappa shape index (κ2) is 9.54. The fraction of sp³-hybridized carbons (Fsp3) is 0.304. The molecule has 0 aliphatic carbocycles. The van der Waals surface area contributed by atoms with Gasteiger partial charge in [-0.25, -0.2) is 19.7 Å². The predicted octanol–water partition coefficient (Wildman–Crippen LogP) is 4.20. The molecule has 0 atom stereocenters. The molecule has 0 fully saturated rings. The summed E-state index contributed by atoms with van der Waals surface area (Å²) in [5.74, 6) is 0.472. The summed E-state index contributed by atoms with van der Waals surface area (Å²) in [6.45, 7) is 6.91. The third kappa shape index (κ3) is 4.39. The number of methoxy groups -OCH3 is 1. The zero-order valence-electron chi connectivity index (χ0n) is 18.5. The van der Waals surface area contributed by atoms with E-state index in [2.05, 4.69) is 37.7 Å². The van der Waals surface area contributed by atoms with E-state index < -0.39 is 0 Å². The number of imidazole rings is 1. The molecule has 0 radical (unpaired) electrons. The predicted molar refractivity (Wildman–Crippen MR) is 123 cm³/mol. The summed E-state index contributed by atoms with van der Waals surface area (Å²) in [4.78, 5) is 28.5. The van der Waals surface area contributed by atoms with Crippen molar-refractivity contribution in [2.75, 3.05) is 25.3 Å². The fourth-order valence-corrected chi connectivity index (χ4v) is 4.46. The Labute approximate surface area is 191 Å². The Kier molecular flexibility index (Phi) is 6.57. The van der Waals surface area contributed by atoms with Gasteiger partial charge in [0.25, 0.3) is 0 Å². The van der Waals surface area contributed by atoms with Gasteiger partial charge in [0, 0.05) is 42.2 Å². The van der Waals surface area contributed by atoms with Crippen molar-refractivity contribution in [2.24, 2.45) is 0 Å². The van der Waals surface area contributed by atoms with Crippen molar-refractivity contribution < 1.29 is 14.3 Å². The molecule has 0 N–H and O–H groups in total. The van der Waals surface area contributed by atoms with E-state index in [0.29, 0.717) is 25.5 Å². The summed E-state index contributed by atoms with van der Waals surface area (Å²) in [7, 11) is 1.67. The molecule has 1 aliphatic heterocycles. The second-order valence-corrected chi connectivity index (χ2v) is 8.36. The first kappa shape index (κ1) is 22.0. The van der Waals surface area contributed by atoms with Gasteiger partial charge in [-0.05, 0) is 44.5 Å². The number of anilines is 2. The van der Waals surface area contributed by atoms with Crippen LogP contribution >= 0.6 is 11.8 Å². The molecule has 0 saturated heterocycles. The van der Waals surface area contributed by atoms with E-state index in [1.54, 1.807) is 57.5 Å². The number of benzene rings is 1. The molecule has 3 aromatic rings. The standard InChI is InChI=1S/C23H25N5O3S/c1-5-31-23(29)15(2)10-18-16(3)27(13-26-18)12-17-6-7-20-19(11-17)28(14-30-4)21-22(32-20)25-9-8-24-21/h6-11,13H,5,12,14H2,1-4H3/b15-10+. The van der Waals surface area contributed by atoms with Gasteiger partial charge < -0.3 is 14.0 Å². The Bertz CT molecular complexity index is 1170. The molecule has 32 heavy (non-hydrogen) atoms. The largest absolute Gasteiger partial charge is 0.463 e. The Morgan fingerprint density at radius 2 is 2.03 bits per heavy atom. The van der Waals surface area contributed by atoms with E-state index >= 15 is 0 Å². The maximum atomic E-state index is 11.9. The van der Waals surface area contributed by atoms with Crippen LogP contribution < -0.4 is 4.90 Å². The zero-order valence-corrected chi connectivity index (χ0v) is 19.3. The van der Waals surface area contributed by atoms with Crippen molar-refractivity contribution >= 4 is 35.3 Å². The first-order valence-corrected chi connectivity index (χ1v) is 11.1. The van der Waals surface area contributed by atoms with Crippen LogP contribution in [0.2, 0.25) is 0 Å². The molecule has 8 nitrogen and oxygen atoms in total. The van der Waals surface area contributed by atoms with Gasteiger partial charge in [0.05, 0.1) is 24.3 Å². The van der Waals surface area contributed by atoms with Crippen LogP contribution in [0, 0.1) is 6.92 Å². The lowest BCUT2D eigenvalue weighted by Gasteiger charge is -2.30. The van der Waals surface area contributed by atoms with Gasteiger partial charge in [0.1, 0.15) is 11.8 Å². The van der Waals surface area contributed by atoms with Gasteiger partial charge in [-0.3, -0.25) is 4.90 Å². The number of hydrogen-bond donors (Lipinski definition) is 0. The van der Waals surface area contributed by atoms with Crippen LogP contribution in [0.5, 0.6) is 0 Å². The Morgan fingerprint density at radius 1 is 1.22 bits per heavy atom. The first-order valence-electron chi connectivity index (χ1n) is 10.3. The Morgan fingerprint density at radius 3 is 2.81 bits per heavy atom.